The van der Waals surface area contributed by atoms with Crippen LogP contribution in [0.2, 0.25) is 0 Å². The summed E-state index contributed by atoms with van der Waals surface area (Å²) < 4.78 is 0. The predicted octanol–water partition coefficient (Wildman–Crippen LogP) is 0.942. The minimum atomic E-state index is 0. The summed E-state index contributed by atoms with van der Waals surface area (Å²) >= 11 is 0. The number of rotatable bonds is 0. The summed E-state index contributed by atoms with van der Waals surface area (Å²) in [5, 5.41) is 14.0. The third-order valence-electron chi connectivity index (χ3n) is 0.586. The number of hydrogen-bond donors (Lipinski definition) is 2. The molecule has 2 N–H and O–H groups in total. The fourth-order valence-corrected chi connectivity index (χ4v) is 0.340. The van der Waals surface area contributed by atoms with E-state index in [0.717, 1.165) is 20.6 Å². The van der Waals surface area contributed by atoms with Crippen molar-refractivity contribution in [2.75, 3.05) is 14.2 Å². The van der Waals surface area contributed by atoms with E-state index in [1.807, 2.05) is 12.2 Å². The molecular formula is C7H14ClO2Ti-. The molecule has 0 fully saturated rings. The minimum absolute atomic E-state index is 0. The van der Waals surface area contributed by atoms with Gasteiger partial charge in [0.15, 0.2) is 0 Å². The van der Waals surface area contributed by atoms with Crippen molar-refractivity contribution in [1.82, 2.24) is 0 Å². The van der Waals surface area contributed by atoms with Gasteiger partial charge in [0.1, 0.15) is 0 Å². The maximum Gasteiger partial charge on any atom is 0.0319 e. The molecule has 0 aromatic heterocycles. The van der Waals surface area contributed by atoms with Crippen LogP contribution in [0.3, 0.4) is 0 Å². The molecule has 0 bridgehead atoms. The molecule has 0 aromatic carbocycles. The SMILES string of the molecule is CO.CO.Cl.[C-]1=CC=CC1.[Ti]. The summed E-state index contributed by atoms with van der Waals surface area (Å²) in [5.41, 5.74) is 0. The van der Waals surface area contributed by atoms with E-state index < -0.39 is 0 Å². The van der Waals surface area contributed by atoms with Crippen LogP contribution in [0.4, 0.5) is 0 Å². The Labute approximate surface area is 89.3 Å². The molecule has 4 heteroatoms. The van der Waals surface area contributed by atoms with E-state index in [1.54, 1.807) is 0 Å². The molecule has 0 aromatic rings. The first-order valence-corrected chi connectivity index (χ1v) is 2.61. The standard InChI is InChI=1S/C5H5.2CH4O.ClH.Ti/c1-2-4-5-3-1;2*1-2;;/h1-3H,4H2;2*2H,1H3;1H;/q-1;;;;. The first-order valence-electron chi connectivity index (χ1n) is 2.61. The maximum absolute atomic E-state index is 7.00. The van der Waals surface area contributed by atoms with Gasteiger partial charge in [-0.3, -0.25) is 6.08 Å². The number of hydrogen-bond acceptors (Lipinski definition) is 2. The van der Waals surface area contributed by atoms with E-state index in [9.17, 15) is 0 Å². The number of halogens is 1. The predicted molar refractivity (Wildman–Crippen MR) is 45.1 cm³/mol. The normalized spacial score (nSPS) is 9.09. The fraction of sp³-hybridized carbons (Fsp3) is 0.429. The second-order valence-electron chi connectivity index (χ2n) is 1.00. The molecule has 0 unspecified atom stereocenters. The van der Waals surface area contributed by atoms with Crippen LogP contribution >= 0.6 is 12.4 Å². The van der Waals surface area contributed by atoms with E-state index in [1.165, 1.54) is 0 Å². The first-order chi connectivity index (χ1) is 4.50. The summed E-state index contributed by atoms with van der Waals surface area (Å²) in [7, 11) is 2.00. The van der Waals surface area contributed by atoms with Crippen molar-refractivity contribution < 1.29 is 31.9 Å². The van der Waals surface area contributed by atoms with E-state index in [4.69, 9.17) is 10.2 Å². The summed E-state index contributed by atoms with van der Waals surface area (Å²) in [4.78, 5) is 0. The van der Waals surface area contributed by atoms with Gasteiger partial charge in [-0.15, -0.1) is 18.8 Å². The molecule has 1 rings (SSSR count). The molecular weight excluding hydrogens is 199 g/mol. The van der Waals surface area contributed by atoms with Crippen LogP contribution in [0.25, 0.3) is 0 Å². The van der Waals surface area contributed by atoms with Gasteiger partial charge in [-0.25, -0.2) is 12.2 Å². The maximum atomic E-state index is 7.00. The van der Waals surface area contributed by atoms with Gasteiger partial charge in [0.25, 0.3) is 0 Å². The molecule has 11 heavy (non-hydrogen) atoms. The molecule has 1 aliphatic carbocycles. The number of aliphatic hydroxyl groups is 2. The Bertz CT molecular complexity index is 74.5. The van der Waals surface area contributed by atoms with Crippen molar-refractivity contribution in [2.45, 2.75) is 6.42 Å². The fourth-order valence-electron chi connectivity index (χ4n) is 0.340. The zero-order chi connectivity index (χ0) is 7.54. The van der Waals surface area contributed by atoms with Crippen molar-refractivity contribution in [1.29, 1.82) is 0 Å². The van der Waals surface area contributed by atoms with Gasteiger partial charge in [0.2, 0.25) is 0 Å². The summed E-state index contributed by atoms with van der Waals surface area (Å²) in [6.07, 6.45) is 10.0. The Morgan fingerprint density at radius 3 is 1.73 bits per heavy atom. The van der Waals surface area contributed by atoms with Crippen LogP contribution in [0, 0.1) is 6.08 Å². The molecule has 0 atom stereocenters. The monoisotopic (exact) mass is 213 g/mol. The smallest absolute Gasteiger partial charge is 0.0319 e. The molecule has 1 aliphatic rings. The third kappa shape index (κ3) is 25.2. The van der Waals surface area contributed by atoms with Crippen LogP contribution in [-0.4, -0.2) is 24.4 Å². The van der Waals surface area contributed by atoms with Crippen molar-refractivity contribution in [3.8, 4) is 0 Å². The zero-order valence-electron chi connectivity index (χ0n) is 6.74. The minimum Gasteiger partial charge on any atom is -0.400 e. The Morgan fingerprint density at radius 2 is 1.64 bits per heavy atom. The van der Waals surface area contributed by atoms with E-state index >= 15 is 0 Å². The van der Waals surface area contributed by atoms with Gasteiger partial charge in [0.05, 0.1) is 0 Å². The molecule has 2 nitrogen and oxygen atoms in total. The Morgan fingerprint density at radius 1 is 1.18 bits per heavy atom. The summed E-state index contributed by atoms with van der Waals surface area (Å²) in [6.45, 7) is 0. The Hall–Kier alpha value is 0.404. The van der Waals surface area contributed by atoms with Gasteiger partial charge >= 0.3 is 0 Å². The number of aliphatic hydroxyl groups excluding tert-OH is 2. The molecule has 66 valence electrons. The van der Waals surface area contributed by atoms with Crippen LogP contribution in [0.5, 0.6) is 0 Å². The van der Waals surface area contributed by atoms with E-state index in [2.05, 4.69) is 12.2 Å². The average Bonchev–Trinajstić information content (AvgIpc) is 2.51. The second kappa shape index (κ2) is 31.5. The Balaban J connectivity index is -0.0000000369. The number of allylic oxidation sites excluding steroid dienone is 4. The Kier molecular flexibility index (Phi) is 64.5. The van der Waals surface area contributed by atoms with Crippen molar-refractivity contribution in [3.63, 3.8) is 0 Å². The van der Waals surface area contributed by atoms with Crippen LogP contribution in [-0.2, 0) is 21.7 Å². The molecule has 0 heterocycles. The van der Waals surface area contributed by atoms with Gasteiger partial charge in [-0.2, -0.15) is 6.08 Å². The van der Waals surface area contributed by atoms with E-state index in [-0.39, 0.29) is 34.1 Å². The van der Waals surface area contributed by atoms with Gasteiger partial charge in [0, 0.05) is 35.9 Å². The van der Waals surface area contributed by atoms with Crippen LogP contribution in [0.15, 0.2) is 18.2 Å². The summed E-state index contributed by atoms with van der Waals surface area (Å²) in [6, 6.07) is 0. The quantitative estimate of drug-likeness (QED) is 0.464. The molecule has 0 aliphatic heterocycles. The topological polar surface area (TPSA) is 40.5 Å². The van der Waals surface area contributed by atoms with Crippen LogP contribution < -0.4 is 0 Å². The van der Waals surface area contributed by atoms with Crippen molar-refractivity contribution >= 4 is 12.4 Å². The molecule has 0 saturated heterocycles. The largest absolute Gasteiger partial charge is 0.400 e. The average molecular weight is 214 g/mol. The molecule has 0 radical (unpaired) electrons. The van der Waals surface area contributed by atoms with Crippen molar-refractivity contribution in [2.24, 2.45) is 0 Å². The molecule has 0 spiro atoms. The molecule has 0 amide bonds. The van der Waals surface area contributed by atoms with Gasteiger partial charge in [-0.1, -0.05) is 0 Å². The molecule has 0 saturated carbocycles. The van der Waals surface area contributed by atoms with Crippen LogP contribution in [0.1, 0.15) is 6.42 Å². The van der Waals surface area contributed by atoms with Gasteiger partial charge in [-0.05, 0) is 0 Å². The van der Waals surface area contributed by atoms with Gasteiger partial charge < -0.3 is 10.2 Å². The first kappa shape index (κ1) is 22.5. The third-order valence-corrected chi connectivity index (χ3v) is 0.586. The summed E-state index contributed by atoms with van der Waals surface area (Å²) in [5.74, 6) is 0. The van der Waals surface area contributed by atoms with E-state index in [0.29, 0.717) is 0 Å². The van der Waals surface area contributed by atoms with Crippen molar-refractivity contribution in [3.05, 3.63) is 24.3 Å². The second-order valence-corrected chi connectivity index (χ2v) is 1.00. The zero-order valence-corrected chi connectivity index (χ0v) is 9.12.